The van der Waals surface area contributed by atoms with E-state index in [0.29, 0.717) is 6.61 Å². The molecule has 0 aliphatic carbocycles. The molecule has 1 aromatic heterocycles. The predicted octanol–water partition coefficient (Wildman–Crippen LogP) is 0.747. The summed E-state index contributed by atoms with van der Waals surface area (Å²) in [5.74, 6) is 0.212. The fraction of sp³-hybridized carbons (Fsp3) is 0.625. The minimum atomic E-state index is 0.212. The van der Waals surface area contributed by atoms with Crippen LogP contribution in [0.2, 0.25) is 0 Å². The van der Waals surface area contributed by atoms with Crippen molar-refractivity contribution < 1.29 is 4.74 Å². The minimum Gasteiger partial charge on any atom is -0.385 e. The third-order valence-corrected chi connectivity index (χ3v) is 1.80. The summed E-state index contributed by atoms with van der Waals surface area (Å²) in [5.41, 5.74) is 0. The lowest BCUT2D eigenvalue weighted by Gasteiger charge is -2.09. The number of aromatic nitrogens is 3. The van der Waals surface area contributed by atoms with Crippen LogP contribution in [-0.4, -0.2) is 28.5 Å². The summed E-state index contributed by atoms with van der Waals surface area (Å²) in [5, 5.41) is 12.5. The van der Waals surface area contributed by atoms with Gasteiger partial charge >= 0.3 is 0 Å². The summed E-state index contributed by atoms with van der Waals surface area (Å²) < 4.78 is 6.62. The molecule has 13 heavy (non-hydrogen) atoms. The number of nitrogens with zero attached hydrogens (tertiary/aromatic N) is 4. The number of rotatable bonds is 4. The Morgan fingerprint density at radius 1 is 1.77 bits per heavy atom. The highest BCUT2D eigenvalue weighted by Gasteiger charge is 2.06. The van der Waals surface area contributed by atoms with E-state index in [-0.39, 0.29) is 11.9 Å². The first-order valence-corrected chi connectivity index (χ1v) is 4.08. The molecule has 0 aromatic carbocycles. The number of hydrogen-bond donors (Lipinski definition) is 0. The lowest BCUT2D eigenvalue weighted by molar-refractivity contribution is 0.178. The number of nitriles is 1. The monoisotopic (exact) mass is 180 g/mol. The average Bonchev–Trinajstić information content (AvgIpc) is 2.62. The molecule has 0 saturated heterocycles. The van der Waals surface area contributed by atoms with Crippen LogP contribution in [0, 0.1) is 11.3 Å². The van der Waals surface area contributed by atoms with Crippen LogP contribution in [0.25, 0.3) is 0 Å². The van der Waals surface area contributed by atoms with Gasteiger partial charge < -0.3 is 4.74 Å². The van der Waals surface area contributed by atoms with E-state index >= 15 is 0 Å². The van der Waals surface area contributed by atoms with E-state index in [2.05, 4.69) is 10.1 Å². The Labute approximate surface area is 77.0 Å². The first kappa shape index (κ1) is 9.68. The van der Waals surface area contributed by atoms with Crippen molar-refractivity contribution in [2.45, 2.75) is 19.4 Å². The van der Waals surface area contributed by atoms with Gasteiger partial charge in [-0.1, -0.05) is 0 Å². The summed E-state index contributed by atoms with van der Waals surface area (Å²) in [6, 6.07) is 2.10. The van der Waals surface area contributed by atoms with Crippen LogP contribution in [0.15, 0.2) is 6.33 Å². The highest BCUT2D eigenvalue weighted by atomic mass is 16.5. The lowest BCUT2D eigenvalue weighted by Crippen LogP contribution is -2.08. The topological polar surface area (TPSA) is 63.7 Å². The molecule has 1 heterocycles. The standard InChI is InChI=1S/C8H12N4O/c1-7(3-4-13-2)12-6-10-8(5-9)11-12/h6-7H,3-4H2,1-2H3. The maximum absolute atomic E-state index is 8.50. The van der Waals surface area contributed by atoms with Crippen molar-refractivity contribution in [3.05, 3.63) is 12.2 Å². The lowest BCUT2D eigenvalue weighted by atomic mass is 10.2. The maximum atomic E-state index is 8.50. The minimum absolute atomic E-state index is 0.212. The zero-order valence-electron chi connectivity index (χ0n) is 7.77. The van der Waals surface area contributed by atoms with Crippen LogP contribution in [0.5, 0.6) is 0 Å². The Morgan fingerprint density at radius 3 is 3.08 bits per heavy atom. The van der Waals surface area contributed by atoms with Gasteiger partial charge in [-0.2, -0.15) is 5.26 Å². The second kappa shape index (κ2) is 4.58. The van der Waals surface area contributed by atoms with Crippen molar-refractivity contribution >= 4 is 0 Å². The zero-order chi connectivity index (χ0) is 9.68. The molecular weight excluding hydrogens is 168 g/mol. The van der Waals surface area contributed by atoms with E-state index in [0.717, 1.165) is 6.42 Å². The second-order valence-corrected chi connectivity index (χ2v) is 2.79. The van der Waals surface area contributed by atoms with Gasteiger partial charge in [0.25, 0.3) is 5.82 Å². The summed E-state index contributed by atoms with van der Waals surface area (Å²) in [4.78, 5) is 3.81. The van der Waals surface area contributed by atoms with Crippen molar-refractivity contribution in [1.29, 1.82) is 5.26 Å². The molecule has 0 radical (unpaired) electrons. The zero-order valence-corrected chi connectivity index (χ0v) is 7.77. The van der Waals surface area contributed by atoms with Gasteiger partial charge in [0, 0.05) is 13.7 Å². The largest absolute Gasteiger partial charge is 0.385 e. The molecule has 1 unspecified atom stereocenters. The molecule has 0 spiro atoms. The van der Waals surface area contributed by atoms with Gasteiger partial charge in [-0.05, 0) is 13.3 Å². The second-order valence-electron chi connectivity index (χ2n) is 2.79. The highest BCUT2D eigenvalue weighted by Crippen LogP contribution is 2.07. The molecule has 5 heteroatoms. The fourth-order valence-corrected chi connectivity index (χ4v) is 0.959. The van der Waals surface area contributed by atoms with Crippen LogP contribution in [0.3, 0.4) is 0 Å². The molecule has 1 rings (SSSR count). The molecule has 1 atom stereocenters. The van der Waals surface area contributed by atoms with Crippen molar-refractivity contribution in [3.63, 3.8) is 0 Å². The highest BCUT2D eigenvalue weighted by molar-refractivity contribution is 5.05. The number of hydrogen-bond acceptors (Lipinski definition) is 4. The van der Waals surface area contributed by atoms with E-state index in [1.165, 1.54) is 0 Å². The molecule has 0 aliphatic rings. The summed E-state index contributed by atoms with van der Waals surface area (Å²) in [6.45, 7) is 2.69. The molecule has 0 fully saturated rings. The molecule has 0 saturated carbocycles. The van der Waals surface area contributed by atoms with Crippen LogP contribution in [0.4, 0.5) is 0 Å². The van der Waals surface area contributed by atoms with Crippen molar-refractivity contribution in [1.82, 2.24) is 14.8 Å². The Bertz CT molecular complexity index is 301. The summed E-state index contributed by atoms with van der Waals surface area (Å²) >= 11 is 0. The van der Waals surface area contributed by atoms with E-state index < -0.39 is 0 Å². The SMILES string of the molecule is COCCC(C)n1cnc(C#N)n1. The van der Waals surface area contributed by atoms with E-state index in [1.807, 2.05) is 13.0 Å². The predicted molar refractivity (Wildman–Crippen MR) is 45.9 cm³/mol. The van der Waals surface area contributed by atoms with Crippen LogP contribution in [-0.2, 0) is 4.74 Å². The first-order valence-electron chi connectivity index (χ1n) is 4.08. The third-order valence-electron chi connectivity index (χ3n) is 1.80. The smallest absolute Gasteiger partial charge is 0.252 e. The average molecular weight is 180 g/mol. The molecule has 0 aliphatic heterocycles. The molecule has 0 amide bonds. The van der Waals surface area contributed by atoms with Crippen molar-refractivity contribution in [2.75, 3.05) is 13.7 Å². The first-order chi connectivity index (χ1) is 6.27. The van der Waals surface area contributed by atoms with Crippen LogP contribution in [0.1, 0.15) is 25.2 Å². The van der Waals surface area contributed by atoms with E-state index in [4.69, 9.17) is 10.00 Å². The summed E-state index contributed by atoms with van der Waals surface area (Å²) in [7, 11) is 1.66. The van der Waals surface area contributed by atoms with Crippen LogP contribution < -0.4 is 0 Å². The summed E-state index contributed by atoms with van der Waals surface area (Å²) in [6.07, 6.45) is 2.43. The molecule has 70 valence electrons. The van der Waals surface area contributed by atoms with Gasteiger partial charge in [0.2, 0.25) is 0 Å². The molecule has 5 nitrogen and oxygen atoms in total. The molecule has 0 bridgehead atoms. The Hall–Kier alpha value is -1.41. The Kier molecular flexibility index (Phi) is 3.41. The van der Waals surface area contributed by atoms with Gasteiger partial charge in [-0.15, -0.1) is 5.10 Å². The number of methoxy groups -OCH3 is 1. The fourth-order valence-electron chi connectivity index (χ4n) is 0.959. The maximum Gasteiger partial charge on any atom is 0.252 e. The molecular formula is C8H12N4O. The third kappa shape index (κ3) is 2.53. The van der Waals surface area contributed by atoms with E-state index in [1.54, 1.807) is 18.1 Å². The van der Waals surface area contributed by atoms with Gasteiger partial charge in [0.05, 0.1) is 6.04 Å². The number of ether oxygens (including phenoxy) is 1. The quantitative estimate of drug-likeness (QED) is 0.685. The Morgan fingerprint density at radius 2 is 2.54 bits per heavy atom. The van der Waals surface area contributed by atoms with Crippen LogP contribution >= 0.6 is 0 Å². The van der Waals surface area contributed by atoms with Crippen molar-refractivity contribution in [2.24, 2.45) is 0 Å². The van der Waals surface area contributed by atoms with E-state index in [9.17, 15) is 0 Å². The normalized spacial score (nSPS) is 12.4. The van der Waals surface area contributed by atoms with Gasteiger partial charge in [0.15, 0.2) is 0 Å². The van der Waals surface area contributed by atoms with Gasteiger partial charge in [-0.3, -0.25) is 0 Å². The van der Waals surface area contributed by atoms with Crippen molar-refractivity contribution in [3.8, 4) is 6.07 Å². The van der Waals surface area contributed by atoms with Gasteiger partial charge in [-0.25, -0.2) is 9.67 Å². The Balaban J connectivity index is 2.56. The molecule has 0 N–H and O–H groups in total. The van der Waals surface area contributed by atoms with Gasteiger partial charge in [0.1, 0.15) is 12.4 Å². The molecule has 1 aromatic rings.